The minimum Gasteiger partial charge on any atom is -0.456 e. The Hall–Kier alpha value is -9.86. The van der Waals surface area contributed by atoms with E-state index in [1.54, 1.807) is 0 Å². The Morgan fingerprint density at radius 1 is 0.296 bits per heavy atom. The molecular weight excluding hydrogens is 877 g/mol. The molecule has 0 N–H and O–H groups in total. The highest BCUT2D eigenvalue weighted by molar-refractivity contribution is 6.26. The van der Waals surface area contributed by atoms with Crippen LogP contribution in [0.1, 0.15) is 0 Å². The van der Waals surface area contributed by atoms with Crippen molar-refractivity contribution >= 4 is 109 Å². The zero-order valence-corrected chi connectivity index (χ0v) is 37.5. The van der Waals surface area contributed by atoms with Gasteiger partial charge in [0.15, 0.2) is 11.6 Å². The zero-order valence-electron chi connectivity index (χ0n) is 37.5. The number of para-hydroxylation sites is 5. The monoisotopic (exact) mass is 910 g/mol. The Kier molecular flexibility index (Phi) is 7.70. The third-order valence-electron chi connectivity index (χ3n) is 14.2. The van der Waals surface area contributed by atoms with E-state index in [0.717, 1.165) is 138 Å². The number of pyridine rings is 1. The van der Waals surface area contributed by atoms with Crippen LogP contribution in [0, 0.1) is 0 Å². The highest BCUT2D eigenvalue weighted by atomic mass is 16.3. The molecule has 0 atom stereocenters. The Balaban J connectivity index is 0.954. The first-order valence-corrected chi connectivity index (χ1v) is 23.6. The van der Waals surface area contributed by atoms with Gasteiger partial charge in [0.2, 0.25) is 5.95 Å². The number of aromatic nitrogens is 6. The van der Waals surface area contributed by atoms with Crippen LogP contribution < -0.4 is 0 Å². The fourth-order valence-corrected chi connectivity index (χ4v) is 11.0. The molecule has 0 fully saturated rings. The van der Waals surface area contributed by atoms with Crippen molar-refractivity contribution in [3.8, 4) is 45.8 Å². The van der Waals surface area contributed by atoms with E-state index in [2.05, 4.69) is 130 Å². The second-order valence-electron chi connectivity index (χ2n) is 18.2. The third kappa shape index (κ3) is 5.56. The molecule has 0 aliphatic heterocycles. The predicted molar refractivity (Wildman–Crippen MR) is 284 cm³/mol. The van der Waals surface area contributed by atoms with Crippen LogP contribution in [0.3, 0.4) is 0 Å². The van der Waals surface area contributed by atoms with Crippen LogP contribution in [0.4, 0.5) is 0 Å². The van der Waals surface area contributed by atoms with Gasteiger partial charge in [0.25, 0.3) is 0 Å². The lowest BCUT2D eigenvalue weighted by Gasteiger charge is -2.12. The lowest BCUT2D eigenvalue weighted by Crippen LogP contribution is -2.06. The Labute approximate surface area is 402 Å². The maximum atomic E-state index is 6.27. The van der Waals surface area contributed by atoms with Crippen molar-refractivity contribution in [2.45, 2.75) is 0 Å². The summed E-state index contributed by atoms with van der Waals surface area (Å²) in [4.78, 5) is 21.6. The second kappa shape index (κ2) is 14.3. The second-order valence-corrected chi connectivity index (χ2v) is 18.2. The van der Waals surface area contributed by atoms with Gasteiger partial charge in [0, 0.05) is 70.6 Å². The van der Waals surface area contributed by atoms with Gasteiger partial charge < -0.3 is 13.3 Å². The molecule has 0 amide bonds. The molecule has 0 aliphatic rings. The van der Waals surface area contributed by atoms with E-state index in [1.165, 1.54) is 0 Å². The predicted octanol–water partition coefficient (Wildman–Crippen LogP) is 16.2. The molecule has 0 aliphatic carbocycles. The van der Waals surface area contributed by atoms with Gasteiger partial charge in [-0.1, -0.05) is 103 Å². The minimum atomic E-state index is 0.497. The summed E-state index contributed by atoms with van der Waals surface area (Å²) in [5.74, 6) is 2.38. The largest absolute Gasteiger partial charge is 0.456 e. The molecule has 0 spiro atoms. The Morgan fingerprint density at radius 2 is 0.775 bits per heavy atom. The van der Waals surface area contributed by atoms with Crippen molar-refractivity contribution in [1.29, 1.82) is 0 Å². The molecule has 0 saturated heterocycles. The zero-order chi connectivity index (χ0) is 46.3. The summed E-state index contributed by atoms with van der Waals surface area (Å²) < 4.78 is 23.2. The Bertz CT molecular complexity index is 4780. The van der Waals surface area contributed by atoms with Gasteiger partial charge in [0.1, 0.15) is 39.3 Å². The first-order chi connectivity index (χ1) is 35.2. The maximum Gasteiger partial charge on any atom is 0.238 e. The molecule has 0 bridgehead atoms. The third-order valence-corrected chi connectivity index (χ3v) is 14.2. The van der Waals surface area contributed by atoms with Gasteiger partial charge in [-0.25, -0.2) is 9.97 Å². The lowest BCUT2D eigenvalue weighted by atomic mass is 10.1. The molecule has 16 aromatic rings. The number of benzene rings is 9. The molecule has 71 heavy (non-hydrogen) atoms. The normalized spacial score (nSPS) is 12.2. The first-order valence-electron chi connectivity index (χ1n) is 23.6. The van der Waals surface area contributed by atoms with Crippen LogP contribution >= 0.6 is 0 Å². The van der Waals surface area contributed by atoms with Gasteiger partial charge in [-0.15, -0.1) is 0 Å². The highest BCUT2D eigenvalue weighted by Gasteiger charge is 2.24. The van der Waals surface area contributed by atoms with E-state index in [0.29, 0.717) is 17.6 Å². The molecular formula is C62H34N6O3. The fourth-order valence-electron chi connectivity index (χ4n) is 11.0. The number of hydrogen-bond acceptors (Lipinski definition) is 7. The van der Waals surface area contributed by atoms with E-state index in [9.17, 15) is 0 Å². The van der Waals surface area contributed by atoms with E-state index >= 15 is 0 Å². The summed E-state index contributed by atoms with van der Waals surface area (Å²) >= 11 is 0. The molecule has 16 rings (SSSR count). The number of hydrogen-bond donors (Lipinski definition) is 0. The van der Waals surface area contributed by atoms with Gasteiger partial charge in [-0.3, -0.25) is 9.13 Å². The van der Waals surface area contributed by atoms with Crippen LogP contribution in [0.5, 0.6) is 0 Å². The molecule has 7 aromatic heterocycles. The first kappa shape index (κ1) is 38.1. The van der Waals surface area contributed by atoms with Crippen molar-refractivity contribution in [2.75, 3.05) is 0 Å². The number of rotatable bonds is 5. The molecule has 9 aromatic carbocycles. The molecule has 0 saturated carbocycles. The smallest absolute Gasteiger partial charge is 0.238 e. The summed E-state index contributed by atoms with van der Waals surface area (Å²) in [5.41, 5.74) is 12.6. The van der Waals surface area contributed by atoms with Crippen molar-refractivity contribution in [3.63, 3.8) is 0 Å². The van der Waals surface area contributed by atoms with Crippen molar-refractivity contribution in [2.24, 2.45) is 0 Å². The van der Waals surface area contributed by atoms with E-state index in [4.69, 9.17) is 33.2 Å². The molecule has 9 nitrogen and oxygen atoms in total. The minimum absolute atomic E-state index is 0.497. The summed E-state index contributed by atoms with van der Waals surface area (Å²) in [6.07, 6.45) is 0. The Morgan fingerprint density at radius 3 is 1.37 bits per heavy atom. The summed E-state index contributed by atoms with van der Waals surface area (Å²) in [6.45, 7) is 0. The summed E-state index contributed by atoms with van der Waals surface area (Å²) in [7, 11) is 0. The van der Waals surface area contributed by atoms with E-state index < -0.39 is 0 Å². The van der Waals surface area contributed by atoms with E-state index in [-0.39, 0.29) is 0 Å². The summed E-state index contributed by atoms with van der Waals surface area (Å²) in [6, 6.07) is 70.9. The van der Waals surface area contributed by atoms with Crippen LogP contribution in [-0.4, -0.2) is 29.1 Å². The topological polar surface area (TPSA) is 101 Å². The van der Waals surface area contributed by atoms with Gasteiger partial charge >= 0.3 is 0 Å². The van der Waals surface area contributed by atoms with Gasteiger partial charge in [-0.05, 0) is 103 Å². The van der Waals surface area contributed by atoms with E-state index in [1.807, 2.05) is 84.9 Å². The lowest BCUT2D eigenvalue weighted by molar-refractivity contribution is 0.668. The molecule has 7 heterocycles. The van der Waals surface area contributed by atoms with Crippen LogP contribution in [0.25, 0.3) is 155 Å². The SMILES string of the molecule is c1cc(-c2ccc3oc4ccccc4c3c2)nc(-n2c3ccccc3c3c2ccc2c4ccccc4n(-c4nc(-c5ccc6oc7ccccc7c6c5)nc(-c5ccc6oc7ccccc7c6c5)n4)c23)c1. The van der Waals surface area contributed by atoms with Crippen LogP contribution in [0.15, 0.2) is 220 Å². The quantitative estimate of drug-likeness (QED) is 0.169. The molecule has 330 valence electrons. The molecule has 9 heteroatoms. The van der Waals surface area contributed by atoms with Crippen molar-refractivity contribution in [3.05, 3.63) is 206 Å². The fraction of sp³-hybridized carbons (Fsp3) is 0. The number of furan rings is 3. The standard InChI is InChI=1S/C62H34N6O3/c1-6-18-48-38(12-1)42-27-28-50-58(43-16-2-7-19-49(43)67(50)57-23-11-17-47(63-57)35-24-29-54-44(32-35)39-13-3-8-20-51(39)69-54)59(42)68(48)62-65-60(36-25-30-55-45(33-36)40-14-4-9-21-52(40)70-55)64-61(66-62)37-26-31-56-46(34-37)41-15-5-10-22-53(41)71-56/h1-34H. The van der Waals surface area contributed by atoms with Crippen molar-refractivity contribution < 1.29 is 13.3 Å². The highest BCUT2D eigenvalue weighted by Crippen LogP contribution is 2.43. The van der Waals surface area contributed by atoms with Crippen LogP contribution in [-0.2, 0) is 0 Å². The number of nitrogens with zero attached hydrogens (tertiary/aromatic N) is 6. The van der Waals surface area contributed by atoms with Gasteiger partial charge in [-0.2, -0.15) is 9.97 Å². The van der Waals surface area contributed by atoms with Crippen LogP contribution in [0.2, 0.25) is 0 Å². The maximum absolute atomic E-state index is 6.27. The number of fused-ring (bicyclic) bond motifs is 16. The molecule has 0 radical (unpaired) electrons. The van der Waals surface area contributed by atoms with Crippen molar-refractivity contribution in [1.82, 2.24) is 29.1 Å². The summed E-state index contributed by atoms with van der Waals surface area (Å²) in [5, 5.41) is 10.5. The molecule has 0 unspecified atom stereocenters. The average Bonchev–Trinajstić information content (AvgIpc) is 4.25. The average molecular weight is 911 g/mol. The van der Waals surface area contributed by atoms with Gasteiger partial charge in [0.05, 0.1) is 27.8 Å².